The molecule has 0 spiro atoms. The minimum Gasteiger partial charge on any atom is -0.480 e. The molecule has 1 saturated heterocycles. The molecule has 1 rings (SSSR count). The number of hydrogen-bond acceptors (Lipinski definition) is 4. The molecule has 1 fully saturated rings. The van der Waals surface area contributed by atoms with Crippen molar-refractivity contribution in [1.29, 1.82) is 0 Å². The van der Waals surface area contributed by atoms with Crippen LogP contribution in [0.25, 0.3) is 0 Å². The van der Waals surface area contributed by atoms with Crippen molar-refractivity contribution >= 4 is 11.9 Å². The van der Waals surface area contributed by atoms with Crippen LogP contribution in [0.1, 0.15) is 39.5 Å². The quantitative estimate of drug-likeness (QED) is 0.626. The van der Waals surface area contributed by atoms with E-state index < -0.39 is 24.0 Å². The lowest BCUT2D eigenvalue weighted by Crippen LogP contribution is -2.49. The standard InChI is InChI=1S/C13H24N2O4/c1-8(2)6-10(14)12(16)15-11(13(17)18)7-9-4-3-5-19-9/h8-11H,3-7,14H2,1-2H3,(H,15,16)(H,17,18). The van der Waals surface area contributed by atoms with Gasteiger partial charge in [0.25, 0.3) is 0 Å². The Morgan fingerprint density at radius 1 is 1.47 bits per heavy atom. The van der Waals surface area contributed by atoms with Crippen LogP contribution in [0.5, 0.6) is 0 Å². The third-order valence-electron chi connectivity index (χ3n) is 3.20. The SMILES string of the molecule is CC(C)CC(N)C(=O)NC(CC1CCCO1)C(=O)O. The van der Waals surface area contributed by atoms with E-state index in [4.69, 9.17) is 15.6 Å². The average Bonchev–Trinajstić information content (AvgIpc) is 2.79. The van der Waals surface area contributed by atoms with Crippen molar-refractivity contribution in [3.8, 4) is 0 Å². The summed E-state index contributed by atoms with van der Waals surface area (Å²) in [4.78, 5) is 23.0. The van der Waals surface area contributed by atoms with E-state index in [1.165, 1.54) is 0 Å². The van der Waals surface area contributed by atoms with E-state index in [1.54, 1.807) is 0 Å². The summed E-state index contributed by atoms with van der Waals surface area (Å²) in [6.07, 6.45) is 2.55. The molecule has 3 atom stereocenters. The van der Waals surface area contributed by atoms with Gasteiger partial charge in [-0.2, -0.15) is 0 Å². The fraction of sp³-hybridized carbons (Fsp3) is 0.846. The smallest absolute Gasteiger partial charge is 0.326 e. The highest BCUT2D eigenvalue weighted by Crippen LogP contribution is 2.17. The molecule has 0 aromatic rings. The van der Waals surface area contributed by atoms with E-state index in [0.717, 1.165) is 12.8 Å². The molecule has 6 heteroatoms. The van der Waals surface area contributed by atoms with Gasteiger partial charge in [-0.05, 0) is 25.2 Å². The Hall–Kier alpha value is -1.14. The van der Waals surface area contributed by atoms with E-state index in [1.807, 2.05) is 13.8 Å². The van der Waals surface area contributed by atoms with Crippen molar-refractivity contribution in [2.45, 2.75) is 57.7 Å². The summed E-state index contributed by atoms with van der Waals surface area (Å²) in [5.74, 6) is -1.15. The number of amides is 1. The van der Waals surface area contributed by atoms with Crippen LogP contribution in [0.3, 0.4) is 0 Å². The Bertz CT molecular complexity index is 314. The monoisotopic (exact) mass is 272 g/mol. The molecule has 1 heterocycles. The number of nitrogens with two attached hydrogens (primary N) is 1. The van der Waals surface area contributed by atoms with Gasteiger partial charge in [-0.1, -0.05) is 13.8 Å². The topological polar surface area (TPSA) is 102 Å². The van der Waals surface area contributed by atoms with Crippen LogP contribution >= 0.6 is 0 Å². The maximum Gasteiger partial charge on any atom is 0.326 e. The number of aliphatic carboxylic acids is 1. The largest absolute Gasteiger partial charge is 0.480 e. The van der Waals surface area contributed by atoms with E-state index in [0.29, 0.717) is 25.4 Å². The number of nitrogens with one attached hydrogen (secondary N) is 1. The van der Waals surface area contributed by atoms with Crippen LogP contribution < -0.4 is 11.1 Å². The summed E-state index contributed by atoms with van der Waals surface area (Å²) >= 11 is 0. The fourth-order valence-corrected chi connectivity index (χ4v) is 2.21. The second-order valence-electron chi connectivity index (χ2n) is 5.51. The van der Waals surface area contributed by atoms with Crippen LogP contribution in [0.15, 0.2) is 0 Å². The first-order valence-electron chi connectivity index (χ1n) is 6.80. The van der Waals surface area contributed by atoms with Gasteiger partial charge in [0.15, 0.2) is 0 Å². The average molecular weight is 272 g/mol. The van der Waals surface area contributed by atoms with Gasteiger partial charge in [0.1, 0.15) is 6.04 Å². The fourth-order valence-electron chi connectivity index (χ4n) is 2.21. The highest BCUT2D eigenvalue weighted by molar-refractivity contribution is 5.86. The molecule has 3 unspecified atom stereocenters. The summed E-state index contributed by atoms with van der Waals surface area (Å²) in [5, 5.41) is 11.6. The lowest BCUT2D eigenvalue weighted by atomic mass is 10.0. The molecule has 0 aromatic carbocycles. The molecular weight excluding hydrogens is 248 g/mol. The van der Waals surface area contributed by atoms with E-state index in [2.05, 4.69) is 5.32 Å². The molecule has 1 aliphatic heterocycles. The Morgan fingerprint density at radius 2 is 2.16 bits per heavy atom. The number of carbonyl (C=O) groups excluding carboxylic acids is 1. The normalized spacial score (nSPS) is 22.2. The van der Waals surface area contributed by atoms with Gasteiger partial charge in [-0.15, -0.1) is 0 Å². The van der Waals surface area contributed by atoms with Gasteiger partial charge in [0.2, 0.25) is 5.91 Å². The van der Waals surface area contributed by atoms with Crippen LogP contribution in [-0.2, 0) is 14.3 Å². The zero-order chi connectivity index (χ0) is 14.4. The molecular formula is C13H24N2O4. The van der Waals surface area contributed by atoms with Crippen molar-refractivity contribution in [1.82, 2.24) is 5.32 Å². The zero-order valence-electron chi connectivity index (χ0n) is 11.6. The maximum absolute atomic E-state index is 11.8. The highest BCUT2D eigenvalue weighted by Gasteiger charge is 2.28. The van der Waals surface area contributed by atoms with Gasteiger partial charge < -0.3 is 20.9 Å². The van der Waals surface area contributed by atoms with Crippen LogP contribution in [-0.4, -0.2) is 41.8 Å². The summed E-state index contributed by atoms with van der Waals surface area (Å²) in [7, 11) is 0. The number of carboxylic acids is 1. The van der Waals surface area contributed by atoms with E-state index in [9.17, 15) is 9.59 Å². The third kappa shape index (κ3) is 5.57. The predicted octanol–water partition coefficient (Wildman–Crippen LogP) is 0.498. The van der Waals surface area contributed by atoms with Crippen molar-refractivity contribution in [3.63, 3.8) is 0 Å². The van der Waals surface area contributed by atoms with Gasteiger partial charge in [0.05, 0.1) is 12.1 Å². The molecule has 6 nitrogen and oxygen atoms in total. The van der Waals surface area contributed by atoms with E-state index in [-0.39, 0.29) is 6.10 Å². The van der Waals surface area contributed by atoms with Gasteiger partial charge >= 0.3 is 5.97 Å². The van der Waals surface area contributed by atoms with Crippen LogP contribution in [0.4, 0.5) is 0 Å². The summed E-state index contributed by atoms with van der Waals surface area (Å²) < 4.78 is 5.39. The molecule has 1 amide bonds. The van der Waals surface area contributed by atoms with E-state index >= 15 is 0 Å². The van der Waals surface area contributed by atoms with Gasteiger partial charge in [-0.25, -0.2) is 4.79 Å². The number of rotatable bonds is 7. The minimum atomic E-state index is -1.04. The van der Waals surface area contributed by atoms with Crippen molar-refractivity contribution in [2.24, 2.45) is 11.7 Å². The summed E-state index contributed by atoms with van der Waals surface area (Å²) in [6, 6.07) is -1.58. The molecule has 0 bridgehead atoms. The predicted molar refractivity (Wildman–Crippen MR) is 70.6 cm³/mol. The van der Waals surface area contributed by atoms with Gasteiger partial charge in [0, 0.05) is 13.0 Å². The number of carbonyl (C=O) groups is 2. The Morgan fingerprint density at radius 3 is 2.63 bits per heavy atom. The van der Waals surface area contributed by atoms with Crippen molar-refractivity contribution in [2.75, 3.05) is 6.61 Å². The molecule has 0 radical (unpaired) electrons. The lowest BCUT2D eigenvalue weighted by molar-refractivity contribution is -0.143. The third-order valence-corrected chi connectivity index (χ3v) is 3.20. The first-order valence-corrected chi connectivity index (χ1v) is 6.80. The van der Waals surface area contributed by atoms with Crippen LogP contribution in [0.2, 0.25) is 0 Å². The molecule has 0 aromatic heterocycles. The Kier molecular flexibility index (Phi) is 6.24. The molecule has 0 aliphatic carbocycles. The summed E-state index contributed by atoms with van der Waals surface area (Å²) in [6.45, 7) is 4.60. The number of hydrogen-bond donors (Lipinski definition) is 3. The molecule has 0 saturated carbocycles. The molecule has 110 valence electrons. The Balaban J connectivity index is 2.47. The molecule has 19 heavy (non-hydrogen) atoms. The van der Waals surface area contributed by atoms with Crippen molar-refractivity contribution < 1.29 is 19.4 Å². The summed E-state index contributed by atoms with van der Waals surface area (Å²) in [5.41, 5.74) is 5.74. The lowest BCUT2D eigenvalue weighted by Gasteiger charge is -2.20. The maximum atomic E-state index is 11.8. The molecule has 4 N–H and O–H groups in total. The van der Waals surface area contributed by atoms with Gasteiger partial charge in [-0.3, -0.25) is 4.79 Å². The van der Waals surface area contributed by atoms with Crippen molar-refractivity contribution in [3.05, 3.63) is 0 Å². The number of carboxylic acid groups (broad SMARTS) is 1. The zero-order valence-corrected chi connectivity index (χ0v) is 11.6. The highest BCUT2D eigenvalue weighted by atomic mass is 16.5. The first-order chi connectivity index (χ1) is 8.90. The minimum absolute atomic E-state index is 0.0808. The first kappa shape index (κ1) is 15.9. The molecule has 1 aliphatic rings. The number of ether oxygens (including phenoxy) is 1. The second kappa shape index (κ2) is 7.45. The second-order valence-corrected chi connectivity index (χ2v) is 5.51. The Labute approximate surface area is 113 Å². The van der Waals surface area contributed by atoms with Crippen LogP contribution in [0, 0.1) is 5.92 Å².